The molecular formula is C21H25N7O2S. The molecule has 31 heavy (non-hydrogen) atoms. The third kappa shape index (κ3) is 4.68. The van der Waals surface area contributed by atoms with E-state index in [4.69, 9.17) is 15.2 Å². The van der Waals surface area contributed by atoms with E-state index in [9.17, 15) is 5.26 Å². The number of ether oxygens (including phenoxy) is 2. The van der Waals surface area contributed by atoms with E-state index in [1.807, 2.05) is 10.6 Å². The average molecular weight is 440 g/mol. The van der Waals surface area contributed by atoms with Crippen molar-refractivity contribution in [1.29, 1.82) is 5.26 Å². The zero-order valence-corrected chi connectivity index (χ0v) is 18.6. The molecule has 0 unspecified atom stereocenters. The summed E-state index contributed by atoms with van der Waals surface area (Å²) in [6.45, 7) is 9.80. The summed E-state index contributed by atoms with van der Waals surface area (Å²) in [4.78, 5) is 13.9. The maximum absolute atomic E-state index is 9.66. The predicted molar refractivity (Wildman–Crippen MR) is 118 cm³/mol. The Balaban J connectivity index is 1.67. The molecule has 4 rings (SSSR count). The molecule has 0 bridgehead atoms. The molecule has 0 aliphatic carbocycles. The van der Waals surface area contributed by atoms with Crippen LogP contribution in [0.4, 0.5) is 5.82 Å². The number of nitrogens with one attached hydrogen (secondary N) is 1. The Hall–Kier alpha value is -3.03. The van der Waals surface area contributed by atoms with Gasteiger partial charge in [-0.3, -0.25) is 0 Å². The van der Waals surface area contributed by atoms with Gasteiger partial charge in [0, 0.05) is 30.6 Å². The van der Waals surface area contributed by atoms with Gasteiger partial charge >= 0.3 is 0 Å². The smallest absolute Gasteiger partial charge is 0.175 e. The first kappa shape index (κ1) is 21.2. The normalized spacial score (nSPS) is 13.4. The van der Waals surface area contributed by atoms with Gasteiger partial charge < -0.3 is 25.1 Å². The lowest BCUT2D eigenvalue weighted by Crippen LogP contribution is -2.29. The summed E-state index contributed by atoms with van der Waals surface area (Å²) < 4.78 is 13.3. The van der Waals surface area contributed by atoms with Crippen LogP contribution in [-0.4, -0.2) is 45.8 Å². The summed E-state index contributed by atoms with van der Waals surface area (Å²) >= 11 is 1.38. The SMILES string of the molecule is CC(C)(C)CNCCn1c(Sc2cc3c(cc2C#N)OCCO3)nc2c(N)ncnc21. The topological polar surface area (TPSA) is 124 Å². The van der Waals surface area contributed by atoms with Crippen LogP contribution in [0.1, 0.15) is 26.3 Å². The van der Waals surface area contributed by atoms with Crippen LogP contribution in [-0.2, 0) is 6.54 Å². The van der Waals surface area contributed by atoms with Crippen molar-refractivity contribution in [3.63, 3.8) is 0 Å². The molecule has 0 amide bonds. The van der Waals surface area contributed by atoms with E-state index < -0.39 is 0 Å². The van der Waals surface area contributed by atoms with Crippen LogP contribution in [0.2, 0.25) is 0 Å². The number of hydrogen-bond donors (Lipinski definition) is 2. The van der Waals surface area contributed by atoms with Crippen molar-refractivity contribution >= 4 is 28.7 Å². The summed E-state index contributed by atoms with van der Waals surface area (Å²) in [5, 5.41) is 13.8. The standard InChI is InChI=1S/C21H25N7O2S/c1-21(2,3)11-24-4-5-28-19-17(18(23)25-12-26-19)27-20(28)31-16-9-15-14(8-13(16)10-22)29-6-7-30-15/h8-9,12,24H,4-7,11H2,1-3H3,(H2,23,25,26). The molecule has 10 heteroatoms. The minimum absolute atomic E-state index is 0.189. The Labute approximate surface area is 185 Å². The fourth-order valence-corrected chi connectivity index (χ4v) is 4.21. The van der Waals surface area contributed by atoms with Gasteiger partial charge in [0.05, 0.1) is 5.56 Å². The fraction of sp³-hybridized carbons (Fsp3) is 0.429. The second-order valence-electron chi connectivity index (χ2n) is 8.42. The summed E-state index contributed by atoms with van der Waals surface area (Å²) in [6.07, 6.45) is 1.44. The molecule has 1 aromatic carbocycles. The zero-order valence-electron chi connectivity index (χ0n) is 17.8. The number of nitrogens with zero attached hydrogens (tertiary/aromatic N) is 5. The molecule has 0 fully saturated rings. The molecule has 3 aromatic rings. The second kappa shape index (κ2) is 8.61. The van der Waals surface area contributed by atoms with E-state index in [-0.39, 0.29) is 5.41 Å². The molecule has 0 spiro atoms. The lowest BCUT2D eigenvalue weighted by Gasteiger charge is -2.20. The number of nitrogens with two attached hydrogens (primary N) is 1. The van der Waals surface area contributed by atoms with Crippen LogP contribution < -0.4 is 20.5 Å². The highest BCUT2D eigenvalue weighted by Crippen LogP contribution is 2.40. The maximum Gasteiger partial charge on any atom is 0.175 e. The lowest BCUT2D eigenvalue weighted by molar-refractivity contribution is 0.171. The Kier molecular flexibility index (Phi) is 5.89. The molecular weight excluding hydrogens is 414 g/mol. The Bertz CT molecular complexity index is 1150. The van der Waals surface area contributed by atoms with Crippen molar-refractivity contribution in [1.82, 2.24) is 24.8 Å². The van der Waals surface area contributed by atoms with Crippen LogP contribution in [0.25, 0.3) is 11.2 Å². The van der Waals surface area contributed by atoms with Gasteiger partial charge in [0.1, 0.15) is 25.6 Å². The van der Waals surface area contributed by atoms with Crippen molar-refractivity contribution in [3.8, 4) is 17.6 Å². The van der Waals surface area contributed by atoms with E-state index >= 15 is 0 Å². The van der Waals surface area contributed by atoms with Gasteiger partial charge in [-0.05, 0) is 11.5 Å². The number of fused-ring (bicyclic) bond motifs is 2. The first-order chi connectivity index (χ1) is 14.9. The molecule has 1 aliphatic rings. The van der Waals surface area contributed by atoms with Crippen LogP contribution in [0.3, 0.4) is 0 Å². The molecule has 1 aliphatic heterocycles. The monoisotopic (exact) mass is 439 g/mol. The zero-order chi connectivity index (χ0) is 22.0. The van der Waals surface area contributed by atoms with E-state index in [1.54, 1.807) is 6.07 Å². The van der Waals surface area contributed by atoms with E-state index in [1.165, 1.54) is 18.1 Å². The number of nitrogen functional groups attached to an aromatic ring is 1. The van der Waals surface area contributed by atoms with Crippen LogP contribution in [0, 0.1) is 16.7 Å². The average Bonchev–Trinajstić information content (AvgIpc) is 3.08. The molecule has 3 N–H and O–H groups in total. The highest BCUT2D eigenvalue weighted by Gasteiger charge is 2.21. The first-order valence-electron chi connectivity index (χ1n) is 10.0. The lowest BCUT2D eigenvalue weighted by atomic mass is 9.97. The van der Waals surface area contributed by atoms with Crippen molar-refractivity contribution < 1.29 is 9.47 Å². The summed E-state index contributed by atoms with van der Waals surface area (Å²) in [5.41, 5.74) is 7.96. The van der Waals surface area contributed by atoms with E-state index in [0.29, 0.717) is 59.0 Å². The van der Waals surface area contributed by atoms with Crippen LogP contribution in [0.5, 0.6) is 11.5 Å². The van der Waals surface area contributed by atoms with Gasteiger partial charge in [-0.1, -0.05) is 32.5 Å². The Morgan fingerprint density at radius 1 is 1.23 bits per heavy atom. The van der Waals surface area contributed by atoms with Crippen LogP contribution in [0.15, 0.2) is 28.5 Å². The molecule has 0 radical (unpaired) electrons. The molecule has 9 nitrogen and oxygen atoms in total. The van der Waals surface area contributed by atoms with Gasteiger partial charge in [0.2, 0.25) is 0 Å². The van der Waals surface area contributed by atoms with Gasteiger partial charge in [-0.15, -0.1) is 0 Å². The van der Waals surface area contributed by atoms with Gasteiger partial charge in [0.25, 0.3) is 0 Å². The highest BCUT2D eigenvalue weighted by molar-refractivity contribution is 7.99. The van der Waals surface area contributed by atoms with Gasteiger partial charge in [-0.2, -0.15) is 5.26 Å². The number of aromatic nitrogens is 4. The molecule has 0 saturated heterocycles. The van der Waals surface area contributed by atoms with Gasteiger partial charge in [-0.25, -0.2) is 15.0 Å². The van der Waals surface area contributed by atoms with Crippen LogP contribution >= 0.6 is 11.8 Å². The number of anilines is 1. The predicted octanol–water partition coefficient (Wildman–Crippen LogP) is 2.84. The summed E-state index contributed by atoms with van der Waals surface area (Å²) in [7, 11) is 0. The molecule has 0 saturated carbocycles. The van der Waals surface area contributed by atoms with Crippen molar-refractivity contribution in [3.05, 3.63) is 24.0 Å². The quantitative estimate of drug-likeness (QED) is 0.558. The third-order valence-electron chi connectivity index (χ3n) is 4.66. The number of benzene rings is 1. The number of rotatable bonds is 6. The highest BCUT2D eigenvalue weighted by atomic mass is 32.2. The Morgan fingerprint density at radius 3 is 2.68 bits per heavy atom. The number of hydrogen-bond acceptors (Lipinski definition) is 9. The maximum atomic E-state index is 9.66. The third-order valence-corrected chi connectivity index (χ3v) is 5.71. The second-order valence-corrected chi connectivity index (χ2v) is 9.43. The molecule has 162 valence electrons. The fourth-order valence-electron chi connectivity index (χ4n) is 3.21. The molecule has 3 heterocycles. The molecule has 0 atom stereocenters. The molecule has 2 aromatic heterocycles. The number of imidazole rings is 1. The van der Waals surface area contributed by atoms with Crippen molar-refractivity contribution in [2.75, 3.05) is 32.0 Å². The van der Waals surface area contributed by atoms with Crippen molar-refractivity contribution in [2.24, 2.45) is 5.41 Å². The summed E-state index contributed by atoms with van der Waals surface area (Å²) in [6, 6.07) is 5.78. The largest absolute Gasteiger partial charge is 0.486 e. The minimum atomic E-state index is 0.189. The minimum Gasteiger partial charge on any atom is -0.486 e. The van der Waals surface area contributed by atoms with E-state index in [0.717, 1.165) is 18.0 Å². The van der Waals surface area contributed by atoms with Gasteiger partial charge in [0.15, 0.2) is 33.6 Å². The Morgan fingerprint density at radius 2 is 1.97 bits per heavy atom. The van der Waals surface area contributed by atoms with Crippen molar-refractivity contribution in [2.45, 2.75) is 37.4 Å². The number of nitriles is 1. The summed E-state index contributed by atoms with van der Waals surface area (Å²) in [5.74, 6) is 1.54. The van der Waals surface area contributed by atoms with E-state index in [2.05, 4.69) is 47.1 Å². The first-order valence-corrected chi connectivity index (χ1v) is 10.9.